The van der Waals surface area contributed by atoms with Gasteiger partial charge in [0.2, 0.25) is 15.8 Å². The molecule has 1 aliphatic rings. The lowest BCUT2D eigenvalue weighted by molar-refractivity contribution is -0.385. The van der Waals surface area contributed by atoms with Crippen LogP contribution in [0.1, 0.15) is 19.8 Å². The normalized spacial score (nSPS) is 15.9. The molecule has 0 bridgehead atoms. The summed E-state index contributed by atoms with van der Waals surface area (Å²) in [5.41, 5.74) is -0.408. The lowest BCUT2D eigenvalue weighted by Gasteiger charge is -2.29. The van der Waals surface area contributed by atoms with Crippen molar-refractivity contribution in [3.8, 4) is 17.2 Å². The van der Waals surface area contributed by atoms with E-state index in [2.05, 4.69) is 6.92 Å². The van der Waals surface area contributed by atoms with Gasteiger partial charge in [-0.05, 0) is 43.0 Å². The van der Waals surface area contributed by atoms with Crippen LogP contribution in [0.4, 0.5) is 5.69 Å². The fraction of sp³-hybridized carbons (Fsp3) is 0.368. The maximum atomic E-state index is 12.9. The fourth-order valence-electron chi connectivity index (χ4n) is 3.05. The Bertz CT molecular complexity index is 968. The van der Waals surface area contributed by atoms with E-state index in [-0.39, 0.29) is 10.6 Å². The molecule has 0 aliphatic carbocycles. The molecular weight excluding hydrogens is 384 g/mol. The minimum Gasteiger partial charge on any atom is -0.497 e. The Morgan fingerprint density at radius 2 is 1.79 bits per heavy atom. The first-order chi connectivity index (χ1) is 13.3. The SMILES string of the molecule is COc1cccc(Oc2ccc(S(=O)(=O)N3CCC(C)CC3)cc2[N+](=O)[O-])c1. The summed E-state index contributed by atoms with van der Waals surface area (Å²) >= 11 is 0. The van der Waals surface area contributed by atoms with Crippen LogP contribution < -0.4 is 9.47 Å². The van der Waals surface area contributed by atoms with Crippen molar-refractivity contribution in [2.24, 2.45) is 5.92 Å². The summed E-state index contributed by atoms with van der Waals surface area (Å²) in [4.78, 5) is 10.8. The van der Waals surface area contributed by atoms with Crippen LogP contribution >= 0.6 is 0 Å². The molecule has 0 saturated carbocycles. The molecule has 1 heterocycles. The van der Waals surface area contributed by atoms with Crippen LogP contribution in [-0.2, 0) is 10.0 Å². The lowest BCUT2D eigenvalue weighted by Crippen LogP contribution is -2.37. The van der Waals surface area contributed by atoms with Crippen molar-refractivity contribution in [3.05, 3.63) is 52.6 Å². The van der Waals surface area contributed by atoms with Gasteiger partial charge in [-0.15, -0.1) is 0 Å². The Balaban J connectivity index is 1.91. The number of methoxy groups -OCH3 is 1. The Labute approximate surface area is 163 Å². The molecule has 0 spiro atoms. The molecular formula is C19H22N2O6S. The Morgan fingerprint density at radius 3 is 2.43 bits per heavy atom. The first-order valence-corrected chi connectivity index (χ1v) is 10.4. The van der Waals surface area contributed by atoms with Crippen LogP contribution in [0.25, 0.3) is 0 Å². The Hall–Kier alpha value is -2.65. The van der Waals surface area contributed by atoms with E-state index in [4.69, 9.17) is 9.47 Å². The number of piperidine rings is 1. The van der Waals surface area contributed by atoms with Gasteiger partial charge >= 0.3 is 5.69 Å². The molecule has 0 amide bonds. The molecule has 2 aromatic rings. The summed E-state index contributed by atoms with van der Waals surface area (Å²) in [6.45, 7) is 2.91. The summed E-state index contributed by atoms with van der Waals surface area (Å²) in [7, 11) is -2.29. The zero-order chi connectivity index (χ0) is 20.3. The van der Waals surface area contributed by atoms with Gasteiger partial charge in [0.25, 0.3) is 0 Å². The van der Waals surface area contributed by atoms with E-state index in [9.17, 15) is 18.5 Å². The van der Waals surface area contributed by atoms with Crippen LogP contribution in [0.3, 0.4) is 0 Å². The monoisotopic (exact) mass is 406 g/mol. The topological polar surface area (TPSA) is 99.0 Å². The Morgan fingerprint density at radius 1 is 1.11 bits per heavy atom. The molecule has 3 rings (SSSR count). The highest BCUT2D eigenvalue weighted by Crippen LogP contribution is 2.35. The summed E-state index contributed by atoms with van der Waals surface area (Å²) in [6, 6.07) is 10.3. The molecule has 150 valence electrons. The number of benzene rings is 2. The van der Waals surface area contributed by atoms with Gasteiger partial charge in [-0.3, -0.25) is 10.1 Å². The summed E-state index contributed by atoms with van der Waals surface area (Å²) in [6.07, 6.45) is 1.55. The van der Waals surface area contributed by atoms with Gasteiger partial charge < -0.3 is 9.47 Å². The van der Waals surface area contributed by atoms with Gasteiger partial charge in [-0.2, -0.15) is 4.31 Å². The maximum Gasteiger partial charge on any atom is 0.312 e. The zero-order valence-corrected chi connectivity index (χ0v) is 16.5. The molecule has 0 radical (unpaired) electrons. The molecule has 1 aliphatic heterocycles. The second-order valence-corrected chi connectivity index (χ2v) is 8.69. The van der Waals surface area contributed by atoms with Crippen molar-refractivity contribution in [1.82, 2.24) is 4.31 Å². The molecule has 0 unspecified atom stereocenters. The molecule has 0 N–H and O–H groups in total. The van der Waals surface area contributed by atoms with Crippen LogP contribution in [-0.4, -0.2) is 37.8 Å². The molecule has 1 fully saturated rings. The quantitative estimate of drug-likeness (QED) is 0.534. The van der Waals surface area contributed by atoms with Crippen molar-refractivity contribution in [2.45, 2.75) is 24.7 Å². The number of nitrogens with zero attached hydrogens (tertiary/aromatic N) is 2. The van der Waals surface area contributed by atoms with E-state index in [1.54, 1.807) is 24.3 Å². The number of hydrogen-bond acceptors (Lipinski definition) is 6. The third-order valence-corrected chi connectivity index (χ3v) is 6.67. The van der Waals surface area contributed by atoms with E-state index < -0.39 is 20.6 Å². The molecule has 8 nitrogen and oxygen atoms in total. The zero-order valence-electron chi connectivity index (χ0n) is 15.7. The van der Waals surface area contributed by atoms with Crippen molar-refractivity contribution >= 4 is 15.7 Å². The lowest BCUT2D eigenvalue weighted by atomic mass is 10.0. The smallest absolute Gasteiger partial charge is 0.312 e. The third kappa shape index (κ3) is 4.26. The second kappa shape index (κ2) is 8.15. The van der Waals surface area contributed by atoms with Crippen molar-refractivity contribution < 1.29 is 22.8 Å². The standard InChI is InChI=1S/C19H22N2O6S/c1-14-8-10-20(11-9-14)28(24,25)17-6-7-19(18(13-17)21(22)23)27-16-5-3-4-15(12-16)26-2/h3-7,12-14H,8-11H2,1-2H3. The highest BCUT2D eigenvalue weighted by atomic mass is 32.2. The van der Waals surface area contributed by atoms with Crippen LogP contribution in [0.15, 0.2) is 47.4 Å². The first kappa shape index (κ1) is 20.1. The van der Waals surface area contributed by atoms with Gasteiger partial charge in [0.15, 0.2) is 0 Å². The average molecular weight is 406 g/mol. The van der Waals surface area contributed by atoms with Crippen molar-refractivity contribution in [2.75, 3.05) is 20.2 Å². The van der Waals surface area contributed by atoms with E-state index >= 15 is 0 Å². The van der Waals surface area contributed by atoms with Gasteiger partial charge in [0.05, 0.1) is 16.9 Å². The van der Waals surface area contributed by atoms with Crippen LogP contribution in [0.5, 0.6) is 17.2 Å². The first-order valence-electron chi connectivity index (χ1n) is 8.92. The van der Waals surface area contributed by atoms with E-state index in [0.717, 1.165) is 18.9 Å². The van der Waals surface area contributed by atoms with Gasteiger partial charge in [-0.25, -0.2) is 8.42 Å². The summed E-state index contributed by atoms with van der Waals surface area (Å²) in [5.74, 6) is 1.32. The van der Waals surface area contributed by atoms with E-state index in [0.29, 0.717) is 30.5 Å². The third-order valence-electron chi connectivity index (χ3n) is 4.78. The van der Waals surface area contributed by atoms with Gasteiger partial charge in [0, 0.05) is 25.2 Å². The predicted octanol–water partition coefficient (Wildman–Crippen LogP) is 3.82. The molecule has 2 aromatic carbocycles. The highest BCUT2D eigenvalue weighted by Gasteiger charge is 2.30. The van der Waals surface area contributed by atoms with Crippen LogP contribution in [0.2, 0.25) is 0 Å². The Kier molecular flexibility index (Phi) is 5.85. The summed E-state index contributed by atoms with van der Waals surface area (Å²) in [5, 5.41) is 11.5. The number of sulfonamides is 1. The minimum absolute atomic E-state index is 0.0375. The van der Waals surface area contributed by atoms with Crippen molar-refractivity contribution in [3.63, 3.8) is 0 Å². The second-order valence-electron chi connectivity index (χ2n) is 6.75. The summed E-state index contributed by atoms with van der Waals surface area (Å²) < 4.78 is 37.8. The predicted molar refractivity (Wildman–Crippen MR) is 103 cm³/mol. The van der Waals surface area contributed by atoms with Gasteiger partial charge in [-0.1, -0.05) is 13.0 Å². The minimum atomic E-state index is -3.79. The number of rotatable bonds is 6. The van der Waals surface area contributed by atoms with Crippen molar-refractivity contribution in [1.29, 1.82) is 0 Å². The molecule has 0 atom stereocenters. The molecule has 28 heavy (non-hydrogen) atoms. The largest absolute Gasteiger partial charge is 0.497 e. The van der Waals surface area contributed by atoms with E-state index in [1.807, 2.05) is 0 Å². The maximum absolute atomic E-state index is 12.9. The fourth-order valence-corrected chi connectivity index (χ4v) is 4.54. The average Bonchev–Trinajstić information content (AvgIpc) is 2.68. The number of nitro groups is 1. The molecule has 9 heteroatoms. The number of ether oxygens (including phenoxy) is 2. The van der Waals surface area contributed by atoms with Crippen LogP contribution in [0, 0.1) is 16.0 Å². The van der Waals surface area contributed by atoms with E-state index in [1.165, 1.54) is 23.5 Å². The number of hydrogen-bond donors (Lipinski definition) is 0. The van der Waals surface area contributed by atoms with Gasteiger partial charge in [0.1, 0.15) is 11.5 Å². The molecule has 1 saturated heterocycles. The molecule has 0 aromatic heterocycles. The number of nitro benzene ring substituents is 1. The highest BCUT2D eigenvalue weighted by molar-refractivity contribution is 7.89.